The molecule has 0 aliphatic carbocycles. The summed E-state index contributed by atoms with van der Waals surface area (Å²) in [6, 6.07) is 4.27. The number of nitrogens with one attached hydrogen (secondary N) is 1. The van der Waals surface area contributed by atoms with Crippen LogP contribution in [0.1, 0.15) is 5.69 Å². The van der Waals surface area contributed by atoms with Gasteiger partial charge in [0.2, 0.25) is 0 Å². The molecule has 5 nitrogen and oxygen atoms in total. The molecule has 0 amide bonds. The lowest BCUT2D eigenvalue weighted by Crippen LogP contribution is -2.15. The van der Waals surface area contributed by atoms with Crippen LogP contribution in [0, 0.1) is 5.82 Å². The van der Waals surface area contributed by atoms with Crippen LogP contribution >= 0.6 is 0 Å². The number of phenols is 1. The van der Waals surface area contributed by atoms with Gasteiger partial charge in [0.05, 0.1) is 0 Å². The number of para-hydroxylation sites is 1. The third-order valence-electron chi connectivity index (χ3n) is 2.57. The third kappa shape index (κ3) is 3.27. The van der Waals surface area contributed by atoms with Gasteiger partial charge in [-0.25, -0.2) is 12.8 Å². The molecule has 0 saturated heterocycles. The van der Waals surface area contributed by atoms with Crippen molar-refractivity contribution in [1.82, 2.24) is 4.98 Å². The summed E-state index contributed by atoms with van der Waals surface area (Å²) < 4.78 is 76.2. The van der Waals surface area contributed by atoms with Crippen molar-refractivity contribution in [3.8, 4) is 5.75 Å². The molecule has 0 spiro atoms. The van der Waals surface area contributed by atoms with Crippen molar-refractivity contribution >= 4 is 15.7 Å². The van der Waals surface area contributed by atoms with Crippen LogP contribution in [0.15, 0.2) is 41.4 Å². The molecular formula is C12H8F4N2O3S. The van der Waals surface area contributed by atoms with Gasteiger partial charge in [-0.15, -0.1) is 0 Å². The summed E-state index contributed by atoms with van der Waals surface area (Å²) in [4.78, 5) is 2.39. The molecule has 0 unspecified atom stereocenters. The van der Waals surface area contributed by atoms with Crippen molar-refractivity contribution < 1.29 is 31.1 Å². The molecule has 2 aromatic rings. The standard InChI is InChI=1S/C12H8F4N2O3S/c13-8-2-1-3-9(19)11(8)18-22(20,21)7-4-5-10(17-6-7)12(14,15)16/h1-6,18-19H. The summed E-state index contributed by atoms with van der Waals surface area (Å²) in [5.74, 6) is -1.70. The molecule has 1 aromatic heterocycles. The molecule has 2 N–H and O–H groups in total. The summed E-state index contributed by atoms with van der Waals surface area (Å²) in [6.45, 7) is 0. The number of phenolic OH excluding ortho intramolecular Hbond substituents is 1. The maximum atomic E-state index is 13.5. The molecule has 2 rings (SSSR count). The van der Waals surface area contributed by atoms with Gasteiger partial charge in [0.15, 0.2) is 5.82 Å². The van der Waals surface area contributed by atoms with E-state index in [9.17, 15) is 31.1 Å². The van der Waals surface area contributed by atoms with Gasteiger partial charge >= 0.3 is 6.18 Å². The Labute approximate surface area is 122 Å². The quantitative estimate of drug-likeness (QED) is 0.667. The number of hydrogen-bond acceptors (Lipinski definition) is 4. The second-order valence-electron chi connectivity index (χ2n) is 4.12. The summed E-state index contributed by atoms with van der Waals surface area (Å²) in [5.41, 5.74) is -1.97. The lowest BCUT2D eigenvalue weighted by atomic mass is 10.3. The van der Waals surface area contributed by atoms with Crippen LogP contribution in [-0.4, -0.2) is 18.5 Å². The van der Waals surface area contributed by atoms with E-state index in [-0.39, 0.29) is 0 Å². The SMILES string of the molecule is O=S(=O)(Nc1c(O)cccc1F)c1ccc(C(F)(F)F)nc1. The molecule has 0 atom stereocenters. The normalized spacial score (nSPS) is 12.2. The van der Waals surface area contributed by atoms with Crippen LogP contribution in [-0.2, 0) is 16.2 Å². The zero-order valence-corrected chi connectivity index (χ0v) is 11.4. The number of anilines is 1. The number of benzene rings is 1. The van der Waals surface area contributed by atoms with Gasteiger partial charge in [-0.2, -0.15) is 13.2 Å². The molecular weight excluding hydrogens is 328 g/mol. The first-order chi connectivity index (χ1) is 10.1. The van der Waals surface area contributed by atoms with Crippen molar-refractivity contribution in [2.45, 2.75) is 11.1 Å². The number of halogens is 4. The van der Waals surface area contributed by atoms with Crippen LogP contribution in [0.2, 0.25) is 0 Å². The van der Waals surface area contributed by atoms with E-state index in [2.05, 4.69) is 4.98 Å². The van der Waals surface area contributed by atoms with Gasteiger partial charge in [0.25, 0.3) is 10.0 Å². The Morgan fingerprint density at radius 3 is 2.32 bits per heavy atom. The monoisotopic (exact) mass is 336 g/mol. The van der Waals surface area contributed by atoms with E-state index in [0.717, 1.165) is 18.2 Å². The van der Waals surface area contributed by atoms with E-state index in [1.807, 2.05) is 0 Å². The van der Waals surface area contributed by atoms with E-state index in [4.69, 9.17) is 0 Å². The third-order valence-corrected chi connectivity index (χ3v) is 3.90. The van der Waals surface area contributed by atoms with Gasteiger partial charge in [0, 0.05) is 6.20 Å². The van der Waals surface area contributed by atoms with Crippen molar-refractivity contribution in [2.75, 3.05) is 4.72 Å². The molecule has 0 aliphatic rings. The molecule has 0 fully saturated rings. The number of sulfonamides is 1. The van der Waals surface area contributed by atoms with Gasteiger partial charge < -0.3 is 5.11 Å². The van der Waals surface area contributed by atoms with Crippen molar-refractivity contribution in [2.24, 2.45) is 0 Å². The minimum absolute atomic E-state index is 0.482. The van der Waals surface area contributed by atoms with Crippen LogP contribution in [0.25, 0.3) is 0 Å². The summed E-state index contributed by atoms with van der Waals surface area (Å²) in [6.07, 6.45) is -4.22. The van der Waals surface area contributed by atoms with E-state index in [1.54, 1.807) is 4.72 Å². The highest BCUT2D eigenvalue weighted by Gasteiger charge is 2.32. The highest BCUT2D eigenvalue weighted by Crippen LogP contribution is 2.30. The Balaban J connectivity index is 2.35. The molecule has 0 saturated carbocycles. The predicted molar refractivity (Wildman–Crippen MR) is 68.1 cm³/mol. The Morgan fingerprint density at radius 2 is 1.82 bits per heavy atom. The molecule has 118 valence electrons. The van der Waals surface area contributed by atoms with Crippen LogP contribution in [0.3, 0.4) is 0 Å². The Hall–Kier alpha value is -2.36. The van der Waals surface area contributed by atoms with Gasteiger partial charge in [-0.3, -0.25) is 9.71 Å². The fraction of sp³-hybridized carbons (Fsp3) is 0.0833. The average Bonchev–Trinajstić information content (AvgIpc) is 2.42. The number of hydrogen-bond donors (Lipinski definition) is 2. The largest absolute Gasteiger partial charge is 0.506 e. The van der Waals surface area contributed by atoms with Crippen molar-refractivity contribution in [3.05, 3.63) is 48.0 Å². The summed E-state index contributed by atoms with van der Waals surface area (Å²) in [5, 5.41) is 9.42. The average molecular weight is 336 g/mol. The number of aromatic hydroxyl groups is 1. The minimum Gasteiger partial charge on any atom is -0.506 e. The second kappa shape index (κ2) is 5.44. The molecule has 22 heavy (non-hydrogen) atoms. The molecule has 1 aromatic carbocycles. The van der Waals surface area contributed by atoms with Crippen LogP contribution in [0.4, 0.5) is 23.2 Å². The van der Waals surface area contributed by atoms with E-state index < -0.39 is 44.0 Å². The lowest BCUT2D eigenvalue weighted by molar-refractivity contribution is -0.141. The van der Waals surface area contributed by atoms with E-state index in [0.29, 0.717) is 18.3 Å². The molecule has 0 aliphatic heterocycles. The van der Waals surface area contributed by atoms with Crippen molar-refractivity contribution in [3.63, 3.8) is 0 Å². The van der Waals surface area contributed by atoms with Gasteiger partial charge in [-0.05, 0) is 24.3 Å². The maximum Gasteiger partial charge on any atom is 0.433 e. The summed E-state index contributed by atoms with van der Waals surface area (Å²) >= 11 is 0. The highest BCUT2D eigenvalue weighted by molar-refractivity contribution is 7.92. The number of pyridine rings is 1. The Morgan fingerprint density at radius 1 is 1.14 bits per heavy atom. The maximum absolute atomic E-state index is 13.5. The molecule has 1 heterocycles. The summed E-state index contributed by atoms with van der Waals surface area (Å²) in [7, 11) is -4.40. The number of nitrogens with zero attached hydrogens (tertiary/aromatic N) is 1. The van der Waals surface area contributed by atoms with E-state index >= 15 is 0 Å². The number of rotatable bonds is 3. The predicted octanol–water partition coefficient (Wildman–Crippen LogP) is 2.75. The van der Waals surface area contributed by atoms with Crippen molar-refractivity contribution in [1.29, 1.82) is 0 Å². The minimum atomic E-state index is -4.71. The van der Waals surface area contributed by atoms with Crippen LogP contribution in [0.5, 0.6) is 5.75 Å². The zero-order valence-electron chi connectivity index (χ0n) is 10.6. The molecule has 0 bridgehead atoms. The Bertz CT molecular complexity index is 769. The molecule has 0 radical (unpaired) electrons. The first-order valence-corrected chi connectivity index (χ1v) is 7.13. The number of alkyl halides is 3. The Kier molecular flexibility index (Phi) is 3.96. The smallest absolute Gasteiger partial charge is 0.433 e. The second-order valence-corrected chi connectivity index (χ2v) is 5.80. The first kappa shape index (κ1) is 16.0. The fourth-order valence-electron chi connectivity index (χ4n) is 1.51. The fourth-order valence-corrected chi connectivity index (χ4v) is 2.54. The zero-order chi connectivity index (χ0) is 16.5. The highest BCUT2D eigenvalue weighted by atomic mass is 32.2. The molecule has 10 heteroatoms. The van der Waals surface area contributed by atoms with Crippen LogP contribution < -0.4 is 4.72 Å². The van der Waals surface area contributed by atoms with E-state index in [1.165, 1.54) is 0 Å². The lowest BCUT2D eigenvalue weighted by Gasteiger charge is -2.11. The number of aromatic nitrogens is 1. The van der Waals surface area contributed by atoms with Gasteiger partial charge in [-0.1, -0.05) is 6.07 Å². The first-order valence-electron chi connectivity index (χ1n) is 5.65. The topological polar surface area (TPSA) is 79.3 Å². The van der Waals surface area contributed by atoms with Gasteiger partial charge in [0.1, 0.15) is 22.0 Å².